The maximum absolute atomic E-state index is 12.6. The van der Waals surface area contributed by atoms with Crippen LogP contribution in [0, 0.1) is 0 Å². The van der Waals surface area contributed by atoms with Crippen molar-refractivity contribution < 1.29 is 47.8 Å². The van der Waals surface area contributed by atoms with Gasteiger partial charge in [0.15, 0.2) is 6.10 Å². The molecule has 0 saturated heterocycles. The standard InChI is InChI=1S/C48H87O10P/c1-3-5-7-9-11-13-15-17-18-19-20-21-22-23-24-25-26-28-29-31-33-35-37-39-47(51)55-43-46(44-57-59(53,54)56-42-45(50)41-49)58-48(52)40-38-36-34-32-30-27-16-14-12-10-8-6-4-2/h6,8,10,12,14,16,27,30,45-46,49-50H,3-5,7,9,11,13,15,17-26,28-29,31-44H2,1-2H3,(H,53,54)/b8-6+,12-10+,16-14+,30-27+/t45-,46?/m1/s1. The van der Waals surface area contributed by atoms with E-state index in [1.807, 2.05) is 36.5 Å². The Morgan fingerprint density at radius 3 is 1.41 bits per heavy atom. The van der Waals surface area contributed by atoms with Crippen LogP contribution >= 0.6 is 7.82 Å². The molecule has 0 aromatic rings. The van der Waals surface area contributed by atoms with Gasteiger partial charge in [-0.05, 0) is 32.1 Å². The smallest absolute Gasteiger partial charge is 0.462 e. The van der Waals surface area contributed by atoms with E-state index in [2.05, 4.69) is 30.5 Å². The second-order valence-electron chi connectivity index (χ2n) is 15.9. The second-order valence-corrected chi connectivity index (χ2v) is 17.3. The Morgan fingerprint density at radius 2 is 0.932 bits per heavy atom. The molecule has 10 nitrogen and oxygen atoms in total. The highest BCUT2D eigenvalue weighted by Gasteiger charge is 2.27. The van der Waals surface area contributed by atoms with E-state index < -0.39 is 51.8 Å². The molecule has 0 aliphatic carbocycles. The Hall–Kier alpha value is -2.07. The largest absolute Gasteiger partial charge is 0.472 e. The number of carbonyl (C=O) groups excluding carboxylic acids is 2. The summed E-state index contributed by atoms with van der Waals surface area (Å²) >= 11 is 0. The molecule has 11 heteroatoms. The van der Waals surface area contributed by atoms with Crippen molar-refractivity contribution in [2.24, 2.45) is 0 Å². The highest BCUT2D eigenvalue weighted by molar-refractivity contribution is 7.47. The average Bonchev–Trinajstić information content (AvgIpc) is 3.22. The van der Waals surface area contributed by atoms with Gasteiger partial charge in [-0.15, -0.1) is 0 Å². The number of aliphatic hydroxyl groups is 2. The van der Waals surface area contributed by atoms with E-state index >= 15 is 0 Å². The van der Waals surface area contributed by atoms with Crippen LogP contribution in [0.1, 0.15) is 206 Å². The Morgan fingerprint density at radius 1 is 0.525 bits per heavy atom. The van der Waals surface area contributed by atoms with Crippen LogP contribution in [0.15, 0.2) is 48.6 Å². The number of allylic oxidation sites excluding steroid dienone is 8. The predicted octanol–water partition coefficient (Wildman–Crippen LogP) is 12.9. The summed E-state index contributed by atoms with van der Waals surface area (Å²) in [7, 11) is -4.63. The van der Waals surface area contributed by atoms with E-state index in [1.165, 1.54) is 122 Å². The molecule has 0 saturated carbocycles. The lowest BCUT2D eigenvalue weighted by Crippen LogP contribution is -2.29. The van der Waals surface area contributed by atoms with Crippen LogP contribution in [-0.4, -0.2) is 65.7 Å². The van der Waals surface area contributed by atoms with Gasteiger partial charge in [0.25, 0.3) is 0 Å². The number of ether oxygens (including phenoxy) is 2. The number of phosphoric ester groups is 1. The Labute approximate surface area is 360 Å². The minimum absolute atomic E-state index is 0.139. The monoisotopic (exact) mass is 855 g/mol. The molecule has 0 heterocycles. The fourth-order valence-electron chi connectivity index (χ4n) is 6.48. The SMILES string of the molecule is CC/C=C/C=C/C=C/C=C/CCCCCC(=O)OC(COC(=O)CCCCCCCCCCCCCCCCCCCCCCCCC)COP(=O)(O)OC[C@H](O)CO. The Kier molecular flexibility index (Phi) is 42.5. The van der Waals surface area contributed by atoms with Crippen LogP contribution in [0.4, 0.5) is 0 Å². The average molecular weight is 855 g/mol. The molecule has 0 spiro atoms. The molecular weight excluding hydrogens is 767 g/mol. The quantitative estimate of drug-likeness (QED) is 0.0234. The third-order valence-electron chi connectivity index (χ3n) is 10.1. The van der Waals surface area contributed by atoms with Crippen molar-refractivity contribution >= 4 is 19.8 Å². The molecule has 344 valence electrons. The van der Waals surface area contributed by atoms with Gasteiger partial charge < -0.3 is 24.6 Å². The van der Waals surface area contributed by atoms with Gasteiger partial charge in [0.2, 0.25) is 0 Å². The van der Waals surface area contributed by atoms with Gasteiger partial charge >= 0.3 is 19.8 Å². The lowest BCUT2D eigenvalue weighted by atomic mass is 10.0. The van der Waals surface area contributed by atoms with E-state index in [0.29, 0.717) is 12.8 Å². The number of hydrogen-bond donors (Lipinski definition) is 3. The number of hydrogen-bond acceptors (Lipinski definition) is 9. The first-order valence-electron chi connectivity index (χ1n) is 23.6. The number of unbranched alkanes of at least 4 members (excludes halogenated alkanes) is 25. The lowest BCUT2D eigenvalue weighted by Gasteiger charge is -2.20. The number of carbonyl (C=O) groups is 2. The van der Waals surface area contributed by atoms with Crippen LogP contribution in [0.2, 0.25) is 0 Å². The van der Waals surface area contributed by atoms with Gasteiger partial charge in [-0.25, -0.2) is 4.57 Å². The van der Waals surface area contributed by atoms with Gasteiger partial charge in [0, 0.05) is 12.8 Å². The van der Waals surface area contributed by atoms with E-state index in [0.717, 1.165) is 44.9 Å². The first-order valence-corrected chi connectivity index (χ1v) is 25.1. The summed E-state index contributed by atoms with van der Waals surface area (Å²) in [4.78, 5) is 35.0. The third kappa shape index (κ3) is 43.8. The molecule has 3 atom stereocenters. The van der Waals surface area contributed by atoms with Crippen molar-refractivity contribution in [3.63, 3.8) is 0 Å². The van der Waals surface area contributed by atoms with Crippen LogP contribution in [0.25, 0.3) is 0 Å². The summed E-state index contributed by atoms with van der Waals surface area (Å²) < 4.78 is 32.7. The topological polar surface area (TPSA) is 149 Å². The van der Waals surface area contributed by atoms with Gasteiger partial charge in [0.05, 0.1) is 19.8 Å². The van der Waals surface area contributed by atoms with Gasteiger partial charge in [0.1, 0.15) is 12.7 Å². The minimum Gasteiger partial charge on any atom is -0.462 e. The van der Waals surface area contributed by atoms with Gasteiger partial charge in [-0.2, -0.15) is 0 Å². The van der Waals surface area contributed by atoms with Crippen molar-refractivity contribution in [2.75, 3.05) is 26.4 Å². The first kappa shape index (κ1) is 56.9. The molecule has 59 heavy (non-hydrogen) atoms. The summed E-state index contributed by atoms with van der Waals surface area (Å²) in [5.74, 6) is -0.965. The van der Waals surface area contributed by atoms with Crippen LogP contribution in [0.3, 0.4) is 0 Å². The third-order valence-corrected chi connectivity index (χ3v) is 11.0. The number of phosphoric acid groups is 1. The number of aliphatic hydroxyl groups excluding tert-OH is 2. The Bertz CT molecular complexity index is 1120. The van der Waals surface area contributed by atoms with Crippen LogP contribution in [0.5, 0.6) is 0 Å². The number of rotatable bonds is 44. The normalized spacial score (nSPS) is 14.2. The maximum Gasteiger partial charge on any atom is 0.472 e. The molecule has 0 rings (SSSR count). The molecule has 0 radical (unpaired) electrons. The van der Waals surface area contributed by atoms with Crippen LogP contribution < -0.4 is 0 Å². The molecule has 0 bridgehead atoms. The Balaban J connectivity index is 4.16. The predicted molar refractivity (Wildman–Crippen MR) is 242 cm³/mol. The fourth-order valence-corrected chi connectivity index (χ4v) is 7.27. The van der Waals surface area contributed by atoms with E-state index in [9.17, 15) is 24.2 Å². The molecule has 3 N–H and O–H groups in total. The lowest BCUT2D eigenvalue weighted by molar-refractivity contribution is -0.161. The summed E-state index contributed by atoms with van der Waals surface area (Å²) in [5.41, 5.74) is 0. The summed E-state index contributed by atoms with van der Waals surface area (Å²) in [6.45, 7) is 2.21. The molecule has 0 aromatic carbocycles. The van der Waals surface area contributed by atoms with Gasteiger partial charge in [-0.1, -0.05) is 210 Å². The molecule has 0 aromatic heterocycles. The van der Waals surface area contributed by atoms with Crippen molar-refractivity contribution in [2.45, 2.75) is 219 Å². The summed E-state index contributed by atoms with van der Waals surface area (Å²) in [6.07, 6.45) is 48.1. The van der Waals surface area contributed by atoms with Crippen molar-refractivity contribution in [3.8, 4) is 0 Å². The zero-order valence-electron chi connectivity index (χ0n) is 37.5. The van der Waals surface area contributed by atoms with E-state index in [1.54, 1.807) is 0 Å². The molecule has 0 fully saturated rings. The zero-order chi connectivity index (χ0) is 43.3. The first-order chi connectivity index (χ1) is 28.7. The second kappa shape index (κ2) is 44.0. The van der Waals surface area contributed by atoms with Crippen LogP contribution in [-0.2, 0) is 32.7 Å². The summed E-state index contributed by atoms with van der Waals surface area (Å²) in [6, 6.07) is 0. The van der Waals surface area contributed by atoms with E-state index in [4.69, 9.17) is 19.1 Å². The molecule has 0 aliphatic heterocycles. The number of esters is 2. The minimum atomic E-state index is -4.63. The molecule has 0 amide bonds. The van der Waals surface area contributed by atoms with Gasteiger partial charge in [-0.3, -0.25) is 18.6 Å². The summed E-state index contributed by atoms with van der Waals surface area (Å²) in [5, 5.41) is 18.3. The molecular formula is C48H87O10P. The van der Waals surface area contributed by atoms with Crippen molar-refractivity contribution in [1.82, 2.24) is 0 Å². The molecule has 2 unspecified atom stereocenters. The zero-order valence-corrected chi connectivity index (χ0v) is 38.4. The highest BCUT2D eigenvalue weighted by atomic mass is 31.2. The van der Waals surface area contributed by atoms with Crippen molar-refractivity contribution in [3.05, 3.63) is 48.6 Å². The fraction of sp³-hybridized carbons (Fsp3) is 0.792. The highest BCUT2D eigenvalue weighted by Crippen LogP contribution is 2.43. The van der Waals surface area contributed by atoms with E-state index in [-0.39, 0.29) is 19.4 Å². The molecule has 0 aliphatic rings. The van der Waals surface area contributed by atoms with Crippen molar-refractivity contribution in [1.29, 1.82) is 0 Å². The maximum atomic E-state index is 12.6.